The third-order valence-corrected chi connectivity index (χ3v) is 5.17. The van der Waals surface area contributed by atoms with Gasteiger partial charge in [-0.15, -0.1) is 10.2 Å². The zero-order chi connectivity index (χ0) is 18.1. The molecule has 0 spiro atoms. The number of nitrogens with one attached hydrogen (secondary N) is 2. The lowest BCUT2D eigenvalue weighted by molar-refractivity contribution is -0.105. The summed E-state index contributed by atoms with van der Waals surface area (Å²) in [5, 5.41) is 16.3. The van der Waals surface area contributed by atoms with Crippen molar-refractivity contribution >= 4 is 40.4 Å². The molecule has 26 heavy (non-hydrogen) atoms. The van der Waals surface area contributed by atoms with Crippen molar-refractivity contribution in [3.8, 4) is 11.1 Å². The van der Waals surface area contributed by atoms with Crippen molar-refractivity contribution in [2.24, 2.45) is 5.92 Å². The first-order valence-electron chi connectivity index (χ1n) is 8.69. The molecule has 1 aromatic heterocycles. The van der Waals surface area contributed by atoms with Crippen molar-refractivity contribution in [1.29, 1.82) is 0 Å². The fourth-order valence-electron chi connectivity index (χ4n) is 3.21. The highest BCUT2D eigenvalue weighted by Gasteiger charge is 2.29. The number of benzene rings is 2. The van der Waals surface area contributed by atoms with Crippen LogP contribution in [0.25, 0.3) is 22.0 Å². The van der Waals surface area contributed by atoms with Crippen molar-refractivity contribution in [2.45, 2.75) is 25.8 Å². The van der Waals surface area contributed by atoms with E-state index in [0.717, 1.165) is 27.7 Å². The van der Waals surface area contributed by atoms with Gasteiger partial charge in [-0.25, -0.2) is 0 Å². The van der Waals surface area contributed by atoms with Crippen LogP contribution in [-0.2, 0) is 4.79 Å². The van der Waals surface area contributed by atoms with Gasteiger partial charge in [-0.2, -0.15) is 0 Å². The molecule has 1 aliphatic rings. The van der Waals surface area contributed by atoms with Gasteiger partial charge in [0, 0.05) is 22.0 Å². The van der Waals surface area contributed by atoms with Crippen molar-refractivity contribution in [3.63, 3.8) is 0 Å². The zero-order valence-electron chi connectivity index (χ0n) is 14.4. The first-order chi connectivity index (χ1) is 12.7. The normalized spacial score (nSPS) is 14.8. The van der Waals surface area contributed by atoms with Gasteiger partial charge in [-0.3, -0.25) is 4.79 Å². The number of anilines is 2. The predicted octanol–water partition coefficient (Wildman–Crippen LogP) is 4.73. The minimum absolute atomic E-state index is 0.317. The quantitative estimate of drug-likeness (QED) is 0.619. The van der Waals surface area contributed by atoms with E-state index in [0.29, 0.717) is 29.2 Å². The molecule has 1 heterocycles. The Labute approximate surface area is 156 Å². The van der Waals surface area contributed by atoms with E-state index < -0.39 is 0 Å². The van der Waals surface area contributed by atoms with E-state index in [1.807, 2.05) is 42.5 Å². The molecule has 2 aromatic carbocycles. The van der Waals surface area contributed by atoms with Crippen LogP contribution in [0.3, 0.4) is 0 Å². The predicted molar refractivity (Wildman–Crippen MR) is 105 cm³/mol. The SMILES string of the molecule is C[C@@H](Nc1c(NC=O)nnc2cc(-c3ccccc3Cl)ccc12)C1CC1. The number of rotatable bonds is 6. The maximum atomic E-state index is 10.9. The number of carbonyl (C=O) groups excluding carboxylic acids is 1. The second-order valence-electron chi connectivity index (χ2n) is 6.67. The van der Waals surface area contributed by atoms with Gasteiger partial charge in [0.25, 0.3) is 0 Å². The summed E-state index contributed by atoms with van der Waals surface area (Å²) in [6.45, 7) is 2.16. The molecule has 0 unspecified atom stereocenters. The van der Waals surface area contributed by atoms with Crippen molar-refractivity contribution in [3.05, 3.63) is 47.5 Å². The Morgan fingerprint density at radius 1 is 1.19 bits per heavy atom. The van der Waals surface area contributed by atoms with Gasteiger partial charge in [0.2, 0.25) is 6.41 Å². The minimum atomic E-state index is 0.317. The molecule has 6 heteroatoms. The number of nitrogens with zero attached hydrogens (tertiary/aromatic N) is 2. The van der Waals surface area contributed by atoms with E-state index in [-0.39, 0.29) is 0 Å². The number of hydrogen-bond donors (Lipinski definition) is 2. The number of amides is 1. The third-order valence-electron chi connectivity index (χ3n) is 4.84. The number of fused-ring (bicyclic) bond motifs is 1. The summed E-state index contributed by atoms with van der Waals surface area (Å²) in [5.74, 6) is 1.12. The summed E-state index contributed by atoms with van der Waals surface area (Å²) < 4.78 is 0. The fourth-order valence-corrected chi connectivity index (χ4v) is 3.46. The average Bonchev–Trinajstić information content (AvgIpc) is 3.49. The van der Waals surface area contributed by atoms with Crippen LogP contribution >= 0.6 is 11.6 Å². The Hall–Kier alpha value is -2.66. The Morgan fingerprint density at radius 3 is 2.73 bits per heavy atom. The fraction of sp³-hybridized carbons (Fsp3) is 0.250. The maximum Gasteiger partial charge on any atom is 0.212 e. The molecule has 132 valence electrons. The Kier molecular flexibility index (Phi) is 4.47. The highest BCUT2D eigenvalue weighted by molar-refractivity contribution is 6.33. The molecule has 0 aliphatic heterocycles. The molecule has 1 fully saturated rings. The van der Waals surface area contributed by atoms with Crippen LogP contribution in [0, 0.1) is 5.92 Å². The van der Waals surface area contributed by atoms with Gasteiger partial charge in [0.05, 0.1) is 11.2 Å². The van der Waals surface area contributed by atoms with Gasteiger partial charge in [-0.05, 0) is 49.4 Å². The number of hydrogen-bond acceptors (Lipinski definition) is 4. The molecular formula is C20H19ClN4O. The van der Waals surface area contributed by atoms with Gasteiger partial charge >= 0.3 is 0 Å². The van der Waals surface area contributed by atoms with E-state index in [1.54, 1.807) is 0 Å². The molecule has 5 nitrogen and oxygen atoms in total. The lowest BCUT2D eigenvalue weighted by atomic mass is 10.0. The molecule has 0 bridgehead atoms. The molecule has 1 atom stereocenters. The Morgan fingerprint density at radius 2 is 2.00 bits per heavy atom. The van der Waals surface area contributed by atoms with E-state index >= 15 is 0 Å². The Balaban J connectivity index is 1.80. The number of halogens is 1. The van der Waals surface area contributed by atoms with Crippen LogP contribution in [-0.4, -0.2) is 22.6 Å². The summed E-state index contributed by atoms with van der Waals surface area (Å²) >= 11 is 6.32. The molecule has 1 aliphatic carbocycles. The second-order valence-corrected chi connectivity index (χ2v) is 7.08. The highest BCUT2D eigenvalue weighted by atomic mass is 35.5. The first-order valence-corrected chi connectivity index (χ1v) is 9.07. The summed E-state index contributed by atoms with van der Waals surface area (Å²) in [4.78, 5) is 10.9. The summed E-state index contributed by atoms with van der Waals surface area (Å²) in [6.07, 6.45) is 3.09. The molecule has 0 radical (unpaired) electrons. The summed E-state index contributed by atoms with van der Waals surface area (Å²) in [6, 6.07) is 14.0. The van der Waals surface area contributed by atoms with Crippen LogP contribution in [0.15, 0.2) is 42.5 Å². The van der Waals surface area contributed by atoms with Crippen molar-refractivity contribution < 1.29 is 4.79 Å². The molecule has 4 rings (SSSR count). The topological polar surface area (TPSA) is 66.9 Å². The average molecular weight is 367 g/mol. The highest BCUT2D eigenvalue weighted by Crippen LogP contribution is 2.38. The van der Waals surface area contributed by atoms with Crippen LogP contribution < -0.4 is 10.6 Å². The van der Waals surface area contributed by atoms with Gasteiger partial charge < -0.3 is 10.6 Å². The van der Waals surface area contributed by atoms with E-state index in [4.69, 9.17) is 11.6 Å². The van der Waals surface area contributed by atoms with Crippen molar-refractivity contribution in [2.75, 3.05) is 10.6 Å². The lowest BCUT2D eigenvalue weighted by Crippen LogP contribution is -2.19. The number of aromatic nitrogens is 2. The summed E-state index contributed by atoms with van der Waals surface area (Å²) in [7, 11) is 0. The minimum Gasteiger partial charge on any atom is -0.379 e. The molecule has 3 aromatic rings. The smallest absolute Gasteiger partial charge is 0.212 e. The standard InChI is InChI=1S/C20H19ClN4O/c1-12(13-6-7-13)23-19-16-9-8-14(15-4-2-3-5-17(15)21)10-18(16)24-25-20(19)22-11-26/h2-5,8-13H,6-7H2,1H3,(H,23,24)(H,22,25,26)/t12-/m1/s1. The molecule has 2 N–H and O–H groups in total. The third kappa shape index (κ3) is 3.22. The lowest BCUT2D eigenvalue weighted by Gasteiger charge is -2.18. The van der Waals surface area contributed by atoms with Gasteiger partial charge in [0.15, 0.2) is 5.82 Å². The van der Waals surface area contributed by atoms with Gasteiger partial charge in [-0.1, -0.05) is 35.9 Å². The number of carbonyl (C=O) groups is 1. The van der Waals surface area contributed by atoms with E-state index in [1.165, 1.54) is 12.8 Å². The van der Waals surface area contributed by atoms with Crippen molar-refractivity contribution in [1.82, 2.24) is 10.2 Å². The Bertz CT molecular complexity index is 971. The van der Waals surface area contributed by atoms with Crippen LogP contribution in [0.5, 0.6) is 0 Å². The molecule has 1 saturated carbocycles. The maximum absolute atomic E-state index is 10.9. The molecular weight excluding hydrogens is 348 g/mol. The second kappa shape index (κ2) is 6.92. The summed E-state index contributed by atoms with van der Waals surface area (Å²) in [5.41, 5.74) is 3.50. The van der Waals surface area contributed by atoms with E-state index in [9.17, 15) is 4.79 Å². The van der Waals surface area contributed by atoms with Gasteiger partial charge in [0.1, 0.15) is 0 Å². The van der Waals surface area contributed by atoms with E-state index in [2.05, 4.69) is 27.8 Å². The van der Waals surface area contributed by atoms with Crippen LogP contribution in [0.1, 0.15) is 19.8 Å². The van der Waals surface area contributed by atoms with Crippen LogP contribution in [0.4, 0.5) is 11.5 Å². The zero-order valence-corrected chi connectivity index (χ0v) is 15.1. The largest absolute Gasteiger partial charge is 0.379 e. The molecule has 1 amide bonds. The monoisotopic (exact) mass is 366 g/mol. The molecule has 0 saturated heterocycles. The van der Waals surface area contributed by atoms with Crippen LogP contribution in [0.2, 0.25) is 5.02 Å². The first kappa shape index (κ1) is 16.8.